The van der Waals surface area contributed by atoms with Crippen molar-refractivity contribution in [2.75, 3.05) is 5.75 Å². The third-order valence-corrected chi connectivity index (χ3v) is 5.57. The average Bonchev–Trinajstić information content (AvgIpc) is 3.19. The number of pyridine rings is 1. The Balaban J connectivity index is 1.47. The normalized spacial score (nSPS) is 10.5. The molecule has 134 valence electrons. The Morgan fingerprint density at radius 1 is 1.12 bits per heavy atom. The van der Waals surface area contributed by atoms with Crippen molar-refractivity contribution in [3.8, 4) is 5.75 Å². The van der Waals surface area contributed by atoms with Gasteiger partial charge in [-0.05, 0) is 47.7 Å². The number of aromatic nitrogens is 1. The van der Waals surface area contributed by atoms with Crippen molar-refractivity contribution in [2.24, 2.45) is 0 Å². The molecule has 26 heavy (non-hydrogen) atoms. The van der Waals surface area contributed by atoms with Gasteiger partial charge in [-0.3, -0.25) is 0 Å². The lowest BCUT2D eigenvalue weighted by molar-refractivity contribution is 0.198. The monoisotopic (exact) mass is 384 g/mol. The van der Waals surface area contributed by atoms with Gasteiger partial charge in [-0.15, -0.1) is 23.1 Å². The molecule has 3 rings (SSSR count). The smallest absolute Gasteiger partial charge is 0.407 e. The van der Waals surface area contributed by atoms with Crippen molar-refractivity contribution in [2.45, 2.75) is 24.4 Å². The molecule has 0 spiro atoms. The number of carbonyl (C=O) groups is 1. The molecule has 2 heterocycles. The van der Waals surface area contributed by atoms with Crippen LogP contribution in [0, 0.1) is 0 Å². The maximum absolute atomic E-state index is 12.0. The zero-order valence-corrected chi connectivity index (χ0v) is 15.9. The molecule has 1 N–H and O–H groups in total. The van der Waals surface area contributed by atoms with Gasteiger partial charge < -0.3 is 10.1 Å². The molecule has 0 saturated heterocycles. The average molecular weight is 385 g/mol. The number of ether oxygens (including phenoxy) is 1. The molecule has 0 aliphatic rings. The minimum Gasteiger partial charge on any atom is -0.407 e. The molecule has 0 unspecified atom stereocenters. The summed E-state index contributed by atoms with van der Waals surface area (Å²) in [5, 5.41) is 5.48. The summed E-state index contributed by atoms with van der Waals surface area (Å²) in [5.41, 5.74) is 1.33. The zero-order valence-electron chi connectivity index (χ0n) is 14.3. The molecule has 0 bridgehead atoms. The van der Waals surface area contributed by atoms with E-state index in [0.29, 0.717) is 12.3 Å². The number of thiophene rings is 1. The van der Waals surface area contributed by atoms with E-state index >= 15 is 0 Å². The summed E-state index contributed by atoms with van der Waals surface area (Å²) < 4.78 is 5.43. The van der Waals surface area contributed by atoms with Crippen LogP contribution in [-0.4, -0.2) is 16.8 Å². The first kappa shape index (κ1) is 18.5. The van der Waals surface area contributed by atoms with Gasteiger partial charge in [-0.1, -0.05) is 36.4 Å². The van der Waals surface area contributed by atoms with Crippen LogP contribution < -0.4 is 10.1 Å². The van der Waals surface area contributed by atoms with Gasteiger partial charge in [0.25, 0.3) is 0 Å². The van der Waals surface area contributed by atoms with Gasteiger partial charge in [-0.2, -0.15) is 0 Å². The van der Waals surface area contributed by atoms with Gasteiger partial charge in [0.2, 0.25) is 0 Å². The van der Waals surface area contributed by atoms with Gasteiger partial charge in [-0.25, -0.2) is 9.78 Å². The van der Waals surface area contributed by atoms with Crippen molar-refractivity contribution in [3.05, 3.63) is 76.6 Å². The summed E-state index contributed by atoms with van der Waals surface area (Å²) in [6.45, 7) is 0.469. The SMILES string of the molecule is O=C(NCc1cccs1)Oc1cccnc1SCCCc1ccccc1. The van der Waals surface area contributed by atoms with Crippen molar-refractivity contribution >= 4 is 29.2 Å². The van der Waals surface area contributed by atoms with Crippen molar-refractivity contribution in [3.63, 3.8) is 0 Å². The minimum atomic E-state index is -0.461. The molecule has 6 heteroatoms. The number of benzene rings is 1. The van der Waals surface area contributed by atoms with Crippen LogP contribution in [0.1, 0.15) is 16.9 Å². The zero-order chi connectivity index (χ0) is 18.0. The van der Waals surface area contributed by atoms with Crippen LogP contribution >= 0.6 is 23.1 Å². The maximum Gasteiger partial charge on any atom is 0.412 e. The van der Waals surface area contributed by atoms with Crippen LogP contribution in [0.5, 0.6) is 5.75 Å². The molecular weight excluding hydrogens is 364 g/mol. The number of amides is 1. The Bertz CT molecular complexity index is 808. The molecule has 3 aromatic rings. The molecule has 0 aliphatic carbocycles. The van der Waals surface area contributed by atoms with E-state index in [-0.39, 0.29) is 0 Å². The Hall–Kier alpha value is -2.31. The highest BCUT2D eigenvalue weighted by atomic mass is 32.2. The van der Waals surface area contributed by atoms with Crippen LogP contribution in [-0.2, 0) is 13.0 Å². The molecule has 0 saturated carbocycles. The first-order chi connectivity index (χ1) is 12.8. The third kappa shape index (κ3) is 5.89. The van der Waals surface area contributed by atoms with Gasteiger partial charge in [0.1, 0.15) is 5.03 Å². The number of nitrogens with one attached hydrogen (secondary N) is 1. The molecule has 1 aromatic carbocycles. The molecule has 0 radical (unpaired) electrons. The fourth-order valence-electron chi connectivity index (χ4n) is 2.36. The number of hydrogen-bond donors (Lipinski definition) is 1. The van der Waals surface area contributed by atoms with Gasteiger partial charge >= 0.3 is 6.09 Å². The Kier molecular flexibility index (Phi) is 7.10. The van der Waals surface area contributed by atoms with E-state index < -0.39 is 6.09 Å². The van der Waals surface area contributed by atoms with Crippen LogP contribution in [0.15, 0.2) is 71.2 Å². The number of nitrogens with zero attached hydrogens (tertiary/aromatic N) is 1. The standard InChI is InChI=1S/C20H20N2O2S2/c23-20(22-15-17-10-6-13-25-17)24-18-11-4-12-21-19(18)26-14-5-9-16-7-2-1-3-8-16/h1-4,6-8,10-13H,5,9,14-15H2,(H,22,23). The predicted molar refractivity (Wildman–Crippen MR) is 107 cm³/mol. The van der Waals surface area contributed by atoms with E-state index in [1.54, 1.807) is 41.4 Å². The summed E-state index contributed by atoms with van der Waals surface area (Å²) in [4.78, 5) is 17.4. The van der Waals surface area contributed by atoms with E-state index in [2.05, 4.69) is 34.6 Å². The van der Waals surface area contributed by atoms with E-state index in [4.69, 9.17) is 4.74 Å². The lowest BCUT2D eigenvalue weighted by Gasteiger charge is -2.09. The number of thioether (sulfide) groups is 1. The first-order valence-corrected chi connectivity index (χ1v) is 10.3. The van der Waals surface area contributed by atoms with Crippen LogP contribution in [0.3, 0.4) is 0 Å². The second-order valence-electron chi connectivity index (χ2n) is 5.57. The van der Waals surface area contributed by atoms with Crippen LogP contribution in [0.4, 0.5) is 4.79 Å². The van der Waals surface area contributed by atoms with E-state index in [0.717, 1.165) is 28.5 Å². The maximum atomic E-state index is 12.0. The molecule has 2 aromatic heterocycles. The summed E-state index contributed by atoms with van der Waals surface area (Å²) in [6.07, 6.45) is 3.32. The summed E-state index contributed by atoms with van der Waals surface area (Å²) in [6, 6.07) is 17.9. The highest BCUT2D eigenvalue weighted by molar-refractivity contribution is 7.99. The molecule has 0 aliphatic heterocycles. The van der Waals surface area contributed by atoms with Crippen LogP contribution in [0.25, 0.3) is 0 Å². The second kappa shape index (κ2) is 9.99. The van der Waals surface area contributed by atoms with Crippen LogP contribution in [0.2, 0.25) is 0 Å². The lowest BCUT2D eigenvalue weighted by atomic mass is 10.1. The topological polar surface area (TPSA) is 51.2 Å². The number of carbonyl (C=O) groups excluding carboxylic acids is 1. The largest absolute Gasteiger partial charge is 0.412 e. The van der Waals surface area contributed by atoms with Gasteiger partial charge in [0, 0.05) is 11.1 Å². The predicted octanol–water partition coefficient (Wildman–Crippen LogP) is 5.16. The van der Waals surface area contributed by atoms with E-state index in [1.165, 1.54) is 5.56 Å². The molecule has 4 nitrogen and oxygen atoms in total. The second-order valence-corrected chi connectivity index (χ2v) is 7.68. The highest BCUT2D eigenvalue weighted by Gasteiger charge is 2.10. The molecule has 0 fully saturated rings. The van der Waals surface area contributed by atoms with E-state index in [1.807, 2.05) is 23.6 Å². The van der Waals surface area contributed by atoms with Gasteiger partial charge in [0.05, 0.1) is 6.54 Å². The van der Waals surface area contributed by atoms with Crippen molar-refractivity contribution < 1.29 is 9.53 Å². The molecule has 0 atom stereocenters. The quantitative estimate of drug-likeness (QED) is 0.431. The number of rotatable bonds is 8. The minimum absolute atomic E-state index is 0.461. The Labute approximate surface area is 161 Å². The Morgan fingerprint density at radius 3 is 2.81 bits per heavy atom. The highest BCUT2D eigenvalue weighted by Crippen LogP contribution is 2.27. The van der Waals surface area contributed by atoms with Crippen molar-refractivity contribution in [1.29, 1.82) is 0 Å². The first-order valence-electron chi connectivity index (χ1n) is 8.41. The fourth-order valence-corrected chi connectivity index (χ4v) is 3.87. The van der Waals surface area contributed by atoms with Gasteiger partial charge in [0.15, 0.2) is 5.75 Å². The number of hydrogen-bond acceptors (Lipinski definition) is 5. The third-order valence-electron chi connectivity index (χ3n) is 3.62. The van der Waals surface area contributed by atoms with E-state index in [9.17, 15) is 4.79 Å². The fraction of sp³-hybridized carbons (Fsp3) is 0.200. The summed E-state index contributed by atoms with van der Waals surface area (Å²) >= 11 is 3.21. The molecule has 1 amide bonds. The summed E-state index contributed by atoms with van der Waals surface area (Å²) in [7, 11) is 0. The lowest BCUT2D eigenvalue weighted by Crippen LogP contribution is -2.26. The Morgan fingerprint density at radius 2 is 2.00 bits per heavy atom. The summed E-state index contributed by atoms with van der Waals surface area (Å²) in [5.74, 6) is 1.42. The molecular formula is C20H20N2O2S2. The number of aryl methyl sites for hydroxylation is 1. The van der Waals surface area contributed by atoms with Crippen molar-refractivity contribution in [1.82, 2.24) is 10.3 Å².